The van der Waals surface area contributed by atoms with Crippen molar-refractivity contribution in [3.8, 4) is 5.75 Å². The lowest BCUT2D eigenvalue weighted by Gasteiger charge is -2.29. The van der Waals surface area contributed by atoms with Crippen LogP contribution >= 0.6 is 24.0 Å². The summed E-state index contributed by atoms with van der Waals surface area (Å²) in [6, 6.07) is 16.9. The molecule has 0 aromatic heterocycles. The van der Waals surface area contributed by atoms with Gasteiger partial charge in [0.2, 0.25) is 6.10 Å². The molecule has 2 aromatic rings. The number of amides is 1. The third-order valence-electron chi connectivity index (χ3n) is 4.32. The highest BCUT2D eigenvalue weighted by atomic mass is 35.5. The Kier molecular flexibility index (Phi) is 7.12. The predicted octanol–water partition coefficient (Wildman–Crippen LogP) is 3.70. The molecule has 3 rings (SSSR count). The average Bonchev–Trinajstić information content (AvgIpc) is 3.15. The smallest absolute Gasteiger partial charge is 0.268 e. The lowest BCUT2D eigenvalue weighted by Crippen LogP contribution is -2.42. The van der Waals surface area contributed by atoms with Gasteiger partial charge >= 0.3 is 0 Å². The van der Waals surface area contributed by atoms with Gasteiger partial charge in [0.05, 0.1) is 0 Å². The molecule has 1 aliphatic heterocycles. The number of hydrogen-bond acceptors (Lipinski definition) is 3. The summed E-state index contributed by atoms with van der Waals surface area (Å²) in [6.07, 6.45) is 0.294. The van der Waals surface area contributed by atoms with Gasteiger partial charge in [0, 0.05) is 30.2 Å². The second-order valence-corrected chi connectivity index (χ2v) is 6.39. The maximum atomic E-state index is 13.0. The van der Waals surface area contributed by atoms with Crippen molar-refractivity contribution >= 4 is 29.9 Å². The number of rotatable bonds is 5. The van der Waals surface area contributed by atoms with Crippen molar-refractivity contribution in [2.24, 2.45) is 0 Å². The average molecular weight is 381 g/mol. The Morgan fingerprint density at radius 1 is 1.20 bits per heavy atom. The minimum absolute atomic E-state index is 0. The van der Waals surface area contributed by atoms with Crippen molar-refractivity contribution in [2.45, 2.75) is 18.6 Å². The molecule has 1 N–H and O–H groups in total. The molecule has 0 radical (unpaired) electrons. The van der Waals surface area contributed by atoms with Crippen molar-refractivity contribution in [1.29, 1.82) is 0 Å². The Hall–Kier alpha value is -1.75. The highest BCUT2D eigenvalue weighted by Gasteiger charge is 2.31. The molecule has 2 unspecified atom stereocenters. The molecule has 4 nitrogen and oxygen atoms in total. The fraction of sp³-hybridized carbons (Fsp3) is 0.316. The summed E-state index contributed by atoms with van der Waals surface area (Å²) in [5.41, 5.74) is 0.843. The monoisotopic (exact) mass is 380 g/mol. The molecule has 1 saturated heterocycles. The van der Waals surface area contributed by atoms with Crippen LogP contribution in [0.2, 0.25) is 5.02 Å². The molecule has 2 atom stereocenters. The van der Waals surface area contributed by atoms with Gasteiger partial charge < -0.3 is 15.0 Å². The van der Waals surface area contributed by atoms with E-state index in [1.807, 2.05) is 37.4 Å². The van der Waals surface area contributed by atoms with E-state index in [1.54, 1.807) is 29.2 Å². The first kappa shape index (κ1) is 19.6. The van der Waals surface area contributed by atoms with Crippen LogP contribution in [0, 0.1) is 0 Å². The Balaban J connectivity index is 0.00000225. The minimum Gasteiger partial charge on any atom is -0.476 e. The lowest BCUT2D eigenvalue weighted by atomic mass is 10.1. The maximum absolute atomic E-state index is 13.0. The third kappa shape index (κ3) is 4.88. The molecular formula is C19H22Cl2N2O2. The van der Waals surface area contributed by atoms with E-state index in [0.717, 1.165) is 25.1 Å². The normalized spacial score (nSPS) is 17.4. The lowest BCUT2D eigenvalue weighted by molar-refractivity contribution is -0.139. The number of ether oxygens (including phenoxy) is 1. The van der Waals surface area contributed by atoms with Crippen molar-refractivity contribution < 1.29 is 9.53 Å². The van der Waals surface area contributed by atoms with Crippen LogP contribution in [0.25, 0.3) is 0 Å². The van der Waals surface area contributed by atoms with Crippen LogP contribution in [0.15, 0.2) is 54.6 Å². The number of likely N-dealkylation sites (N-methyl/N-ethyl adjacent to an activating group) is 1. The highest BCUT2D eigenvalue weighted by Crippen LogP contribution is 2.26. The molecule has 134 valence electrons. The van der Waals surface area contributed by atoms with Crippen molar-refractivity contribution in [3.63, 3.8) is 0 Å². The zero-order chi connectivity index (χ0) is 16.9. The van der Waals surface area contributed by atoms with Crippen LogP contribution < -0.4 is 10.1 Å². The van der Waals surface area contributed by atoms with Crippen LogP contribution in [0.1, 0.15) is 18.1 Å². The first-order valence-corrected chi connectivity index (χ1v) is 8.47. The van der Waals surface area contributed by atoms with Gasteiger partial charge in [-0.1, -0.05) is 41.9 Å². The van der Waals surface area contributed by atoms with E-state index in [-0.39, 0.29) is 24.4 Å². The van der Waals surface area contributed by atoms with Gasteiger partial charge in [-0.2, -0.15) is 0 Å². The number of carbonyl (C=O) groups excluding carboxylic acids is 1. The molecule has 0 spiro atoms. The molecule has 1 aliphatic rings. The van der Waals surface area contributed by atoms with E-state index >= 15 is 0 Å². The summed E-state index contributed by atoms with van der Waals surface area (Å²) in [5, 5.41) is 3.93. The SMILES string of the molecule is CN(C(=O)C(Oc1ccc(Cl)cc1)c1ccccc1)C1CCNC1.Cl. The molecule has 1 fully saturated rings. The summed E-state index contributed by atoms with van der Waals surface area (Å²) in [5.74, 6) is 0.587. The number of hydrogen-bond donors (Lipinski definition) is 1. The largest absolute Gasteiger partial charge is 0.476 e. The Bertz CT molecular complexity index is 674. The zero-order valence-corrected chi connectivity index (χ0v) is 15.6. The molecule has 25 heavy (non-hydrogen) atoms. The summed E-state index contributed by atoms with van der Waals surface area (Å²) in [4.78, 5) is 14.8. The van der Waals surface area contributed by atoms with Gasteiger partial charge in [0.15, 0.2) is 0 Å². The second kappa shape index (κ2) is 9.09. The van der Waals surface area contributed by atoms with Crippen molar-refractivity contribution in [2.75, 3.05) is 20.1 Å². The van der Waals surface area contributed by atoms with Crippen LogP contribution in [0.5, 0.6) is 5.75 Å². The Morgan fingerprint density at radius 3 is 2.48 bits per heavy atom. The van der Waals surface area contributed by atoms with Gasteiger partial charge in [0.25, 0.3) is 5.91 Å². The number of benzene rings is 2. The molecule has 0 aliphatic carbocycles. The summed E-state index contributed by atoms with van der Waals surface area (Å²) < 4.78 is 6.03. The van der Waals surface area contributed by atoms with E-state index in [1.165, 1.54) is 0 Å². The summed E-state index contributed by atoms with van der Waals surface area (Å²) in [7, 11) is 1.85. The third-order valence-corrected chi connectivity index (χ3v) is 4.58. The Labute approximate surface area is 159 Å². The maximum Gasteiger partial charge on any atom is 0.268 e. The zero-order valence-electron chi connectivity index (χ0n) is 14.0. The molecule has 6 heteroatoms. The first-order chi connectivity index (χ1) is 11.6. The van der Waals surface area contributed by atoms with E-state index in [0.29, 0.717) is 10.8 Å². The fourth-order valence-corrected chi connectivity index (χ4v) is 3.00. The summed E-state index contributed by atoms with van der Waals surface area (Å²) >= 11 is 5.93. The molecule has 0 bridgehead atoms. The number of carbonyl (C=O) groups is 1. The molecule has 0 saturated carbocycles. The van der Waals surface area contributed by atoms with Crippen LogP contribution in [-0.4, -0.2) is 37.0 Å². The van der Waals surface area contributed by atoms with Crippen molar-refractivity contribution in [3.05, 3.63) is 65.2 Å². The van der Waals surface area contributed by atoms with Crippen LogP contribution in [0.4, 0.5) is 0 Å². The topological polar surface area (TPSA) is 41.6 Å². The van der Waals surface area contributed by atoms with E-state index in [2.05, 4.69) is 5.32 Å². The number of nitrogens with one attached hydrogen (secondary N) is 1. The minimum atomic E-state index is -0.669. The molecule has 1 heterocycles. The van der Waals surface area contributed by atoms with Gasteiger partial charge in [-0.3, -0.25) is 4.79 Å². The first-order valence-electron chi connectivity index (χ1n) is 8.09. The molecule has 2 aromatic carbocycles. The van der Waals surface area contributed by atoms with Gasteiger partial charge in [-0.15, -0.1) is 12.4 Å². The van der Waals surface area contributed by atoms with Crippen LogP contribution in [0.3, 0.4) is 0 Å². The van der Waals surface area contributed by atoms with E-state index < -0.39 is 6.10 Å². The quantitative estimate of drug-likeness (QED) is 0.859. The molecule has 1 amide bonds. The summed E-state index contributed by atoms with van der Waals surface area (Å²) in [6.45, 7) is 1.76. The highest BCUT2D eigenvalue weighted by molar-refractivity contribution is 6.30. The van der Waals surface area contributed by atoms with E-state index in [4.69, 9.17) is 16.3 Å². The van der Waals surface area contributed by atoms with E-state index in [9.17, 15) is 4.79 Å². The standard InChI is InChI=1S/C19H21ClN2O2.ClH/c1-22(16-11-12-21-13-16)19(23)18(14-5-3-2-4-6-14)24-17-9-7-15(20)8-10-17;/h2-10,16,18,21H,11-13H2,1H3;1H. The van der Waals surface area contributed by atoms with Gasteiger partial charge in [0.1, 0.15) is 5.75 Å². The van der Waals surface area contributed by atoms with Crippen molar-refractivity contribution in [1.82, 2.24) is 10.2 Å². The molecular weight excluding hydrogens is 359 g/mol. The van der Waals surface area contributed by atoms with Gasteiger partial charge in [-0.05, 0) is 37.2 Å². The van der Waals surface area contributed by atoms with Gasteiger partial charge in [-0.25, -0.2) is 0 Å². The fourth-order valence-electron chi connectivity index (χ4n) is 2.87. The van der Waals surface area contributed by atoms with Crippen LogP contribution in [-0.2, 0) is 4.79 Å². The number of halogens is 2. The predicted molar refractivity (Wildman–Crippen MR) is 103 cm³/mol. The second-order valence-electron chi connectivity index (χ2n) is 5.96. The number of nitrogens with zero attached hydrogens (tertiary/aromatic N) is 1. The Morgan fingerprint density at radius 2 is 1.88 bits per heavy atom.